The van der Waals surface area contributed by atoms with Crippen LogP contribution in [0.5, 0.6) is 0 Å². The fourth-order valence-corrected chi connectivity index (χ4v) is 2.79. The van der Waals surface area contributed by atoms with Crippen molar-refractivity contribution in [2.75, 3.05) is 23.4 Å². The van der Waals surface area contributed by atoms with Gasteiger partial charge in [-0.25, -0.2) is 0 Å². The molecule has 2 aromatic rings. The molecular formula is C16H18N2OS. The van der Waals surface area contributed by atoms with Crippen molar-refractivity contribution >= 4 is 29.0 Å². The molecule has 0 bridgehead atoms. The minimum atomic E-state index is 0.0809. The second kappa shape index (κ2) is 6.48. The summed E-state index contributed by atoms with van der Waals surface area (Å²) >= 11 is 1.54. The highest BCUT2D eigenvalue weighted by atomic mass is 32.2. The van der Waals surface area contributed by atoms with Gasteiger partial charge >= 0.3 is 0 Å². The Balaban J connectivity index is 1.98. The van der Waals surface area contributed by atoms with E-state index < -0.39 is 0 Å². The van der Waals surface area contributed by atoms with Crippen molar-refractivity contribution in [3.8, 4) is 0 Å². The van der Waals surface area contributed by atoms with Crippen LogP contribution in [0.25, 0.3) is 0 Å². The van der Waals surface area contributed by atoms with E-state index >= 15 is 0 Å². The van der Waals surface area contributed by atoms with Crippen molar-refractivity contribution in [2.45, 2.75) is 11.8 Å². The largest absolute Gasteiger partial charge is 0.399 e. The van der Waals surface area contributed by atoms with E-state index in [4.69, 9.17) is 5.73 Å². The Hall–Kier alpha value is -1.94. The zero-order chi connectivity index (χ0) is 14.5. The second-order valence-electron chi connectivity index (χ2n) is 4.60. The molecule has 0 atom stereocenters. The summed E-state index contributed by atoms with van der Waals surface area (Å²) in [5.41, 5.74) is 8.48. The monoisotopic (exact) mass is 286 g/mol. The number of nitrogen functional groups attached to an aromatic ring is 1. The third kappa shape index (κ3) is 3.54. The molecule has 0 aliphatic carbocycles. The molecule has 2 rings (SSSR count). The van der Waals surface area contributed by atoms with Gasteiger partial charge in [-0.1, -0.05) is 18.2 Å². The average molecular weight is 286 g/mol. The lowest BCUT2D eigenvalue weighted by atomic mass is 10.2. The Kier molecular flexibility index (Phi) is 4.69. The number of aryl methyl sites for hydroxylation is 1. The number of amides is 1. The first-order valence-corrected chi connectivity index (χ1v) is 7.37. The lowest BCUT2D eigenvalue weighted by Gasteiger charge is -2.17. The number of hydrogen-bond donors (Lipinski definition) is 1. The van der Waals surface area contributed by atoms with Crippen molar-refractivity contribution in [3.05, 3.63) is 54.1 Å². The van der Waals surface area contributed by atoms with Crippen LogP contribution in [0.1, 0.15) is 5.56 Å². The molecule has 0 fully saturated rings. The number of thioether (sulfide) groups is 1. The van der Waals surface area contributed by atoms with Crippen LogP contribution in [-0.2, 0) is 4.79 Å². The summed E-state index contributed by atoms with van der Waals surface area (Å²) < 4.78 is 0. The molecule has 104 valence electrons. The van der Waals surface area contributed by atoms with Gasteiger partial charge in [-0.3, -0.25) is 4.79 Å². The molecule has 4 heteroatoms. The molecule has 0 aliphatic rings. The highest BCUT2D eigenvalue weighted by Crippen LogP contribution is 2.25. The molecular weight excluding hydrogens is 268 g/mol. The van der Waals surface area contributed by atoms with Crippen LogP contribution in [-0.4, -0.2) is 18.7 Å². The maximum atomic E-state index is 12.2. The maximum absolute atomic E-state index is 12.2. The Morgan fingerprint density at radius 3 is 2.55 bits per heavy atom. The van der Waals surface area contributed by atoms with Crippen LogP contribution in [0.15, 0.2) is 53.4 Å². The molecule has 3 nitrogen and oxygen atoms in total. The normalized spacial score (nSPS) is 10.3. The summed E-state index contributed by atoms with van der Waals surface area (Å²) in [6.07, 6.45) is 0. The third-order valence-electron chi connectivity index (χ3n) is 3.07. The van der Waals surface area contributed by atoms with Crippen molar-refractivity contribution in [3.63, 3.8) is 0 Å². The highest BCUT2D eigenvalue weighted by Gasteiger charge is 2.11. The summed E-state index contributed by atoms with van der Waals surface area (Å²) in [7, 11) is 1.80. The van der Waals surface area contributed by atoms with Crippen LogP contribution in [0.3, 0.4) is 0 Å². The predicted molar refractivity (Wildman–Crippen MR) is 86.2 cm³/mol. The van der Waals surface area contributed by atoms with Gasteiger partial charge in [0.1, 0.15) is 0 Å². The van der Waals surface area contributed by atoms with Gasteiger partial charge in [-0.05, 0) is 42.8 Å². The van der Waals surface area contributed by atoms with Gasteiger partial charge < -0.3 is 10.6 Å². The molecule has 20 heavy (non-hydrogen) atoms. The second-order valence-corrected chi connectivity index (χ2v) is 5.62. The Morgan fingerprint density at radius 1 is 1.20 bits per heavy atom. The van der Waals surface area contributed by atoms with E-state index in [1.165, 1.54) is 0 Å². The average Bonchev–Trinajstić information content (AvgIpc) is 2.46. The Bertz CT molecular complexity index is 599. The van der Waals surface area contributed by atoms with E-state index in [9.17, 15) is 4.79 Å². The van der Waals surface area contributed by atoms with Crippen molar-refractivity contribution in [2.24, 2.45) is 0 Å². The molecule has 0 aromatic heterocycles. The van der Waals surface area contributed by atoms with Gasteiger partial charge in [0.15, 0.2) is 0 Å². The maximum Gasteiger partial charge on any atom is 0.237 e. The minimum Gasteiger partial charge on any atom is -0.399 e. The fourth-order valence-electron chi connectivity index (χ4n) is 1.87. The summed E-state index contributed by atoms with van der Waals surface area (Å²) in [6.45, 7) is 2.00. The van der Waals surface area contributed by atoms with Gasteiger partial charge in [-0.15, -0.1) is 11.8 Å². The van der Waals surface area contributed by atoms with Crippen LogP contribution >= 0.6 is 11.8 Å². The number of nitrogens with zero attached hydrogens (tertiary/aromatic N) is 1. The van der Waals surface area contributed by atoms with E-state index in [0.717, 1.165) is 21.8 Å². The van der Waals surface area contributed by atoms with E-state index in [-0.39, 0.29) is 5.91 Å². The lowest BCUT2D eigenvalue weighted by molar-refractivity contribution is -0.115. The third-order valence-corrected chi connectivity index (χ3v) is 4.23. The number of anilines is 2. The zero-order valence-corrected chi connectivity index (χ0v) is 12.5. The predicted octanol–water partition coefficient (Wildman–Crippen LogP) is 3.33. The SMILES string of the molecule is Cc1cc(N)ccc1SCC(=O)N(C)c1ccccc1. The van der Waals surface area contributed by atoms with Gasteiger partial charge in [0.25, 0.3) is 0 Å². The van der Waals surface area contributed by atoms with Crippen LogP contribution < -0.4 is 10.6 Å². The van der Waals surface area contributed by atoms with E-state index in [0.29, 0.717) is 5.75 Å². The van der Waals surface area contributed by atoms with Gasteiger partial charge in [0, 0.05) is 23.3 Å². The number of carbonyl (C=O) groups excluding carboxylic acids is 1. The molecule has 0 saturated heterocycles. The van der Waals surface area contributed by atoms with E-state index in [2.05, 4.69) is 0 Å². The molecule has 2 aromatic carbocycles. The summed E-state index contributed by atoms with van der Waals surface area (Å²) in [6, 6.07) is 15.4. The summed E-state index contributed by atoms with van der Waals surface area (Å²) in [5.74, 6) is 0.494. The molecule has 0 radical (unpaired) electrons. The minimum absolute atomic E-state index is 0.0809. The number of hydrogen-bond acceptors (Lipinski definition) is 3. The summed E-state index contributed by atoms with van der Waals surface area (Å²) in [4.78, 5) is 14.9. The van der Waals surface area contributed by atoms with Crippen LogP contribution in [0.4, 0.5) is 11.4 Å². The first-order valence-electron chi connectivity index (χ1n) is 6.38. The number of benzene rings is 2. The smallest absolute Gasteiger partial charge is 0.237 e. The van der Waals surface area contributed by atoms with Gasteiger partial charge in [0.05, 0.1) is 5.75 Å². The topological polar surface area (TPSA) is 46.3 Å². The fraction of sp³-hybridized carbons (Fsp3) is 0.188. The van der Waals surface area contributed by atoms with Crippen LogP contribution in [0, 0.1) is 6.92 Å². The molecule has 0 saturated carbocycles. The molecule has 1 amide bonds. The van der Waals surface area contributed by atoms with Crippen molar-refractivity contribution in [1.82, 2.24) is 0 Å². The number of carbonyl (C=O) groups is 1. The number of nitrogens with two attached hydrogens (primary N) is 1. The van der Waals surface area contributed by atoms with E-state index in [1.807, 2.05) is 55.5 Å². The van der Waals surface area contributed by atoms with Crippen molar-refractivity contribution in [1.29, 1.82) is 0 Å². The lowest BCUT2D eigenvalue weighted by Crippen LogP contribution is -2.27. The quantitative estimate of drug-likeness (QED) is 0.692. The Labute approximate surface area is 123 Å². The standard InChI is InChI=1S/C16H18N2OS/c1-12-10-13(17)8-9-15(12)20-11-16(19)18(2)14-6-4-3-5-7-14/h3-10H,11,17H2,1-2H3. The zero-order valence-electron chi connectivity index (χ0n) is 11.7. The van der Waals surface area contributed by atoms with E-state index in [1.54, 1.807) is 23.7 Å². The Morgan fingerprint density at radius 2 is 1.90 bits per heavy atom. The molecule has 2 N–H and O–H groups in total. The molecule has 0 aliphatic heterocycles. The highest BCUT2D eigenvalue weighted by molar-refractivity contribution is 8.00. The first-order chi connectivity index (χ1) is 9.58. The molecule has 0 spiro atoms. The number of para-hydroxylation sites is 1. The first kappa shape index (κ1) is 14.5. The molecule has 0 heterocycles. The van der Waals surface area contributed by atoms with Gasteiger partial charge in [0.2, 0.25) is 5.91 Å². The molecule has 0 unspecified atom stereocenters. The number of rotatable bonds is 4. The summed E-state index contributed by atoms with van der Waals surface area (Å²) in [5, 5.41) is 0. The van der Waals surface area contributed by atoms with Gasteiger partial charge in [-0.2, -0.15) is 0 Å². The van der Waals surface area contributed by atoms with Crippen LogP contribution in [0.2, 0.25) is 0 Å². The van der Waals surface area contributed by atoms with Crippen molar-refractivity contribution < 1.29 is 4.79 Å².